The predicted octanol–water partition coefficient (Wildman–Crippen LogP) is 2.69. The average Bonchev–Trinajstić information content (AvgIpc) is 2.95. The van der Waals surface area contributed by atoms with Crippen LogP contribution in [0.3, 0.4) is 0 Å². The smallest absolute Gasteiger partial charge is 0.306 e. The fraction of sp³-hybridized carbons (Fsp3) is 0.600. The molecule has 1 fully saturated rings. The molecule has 0 saturated heterocycles. The largest absolute Gasteiger partial charge is 0.481 e. The van der Waals surface area contributed by atoms with Gasteiger partial charge in [-0.05, 0) is 32.3 Å². The standard InChI is InChI=1S/C15H21NO4/c1-8(2)13-7-12(9(3)20-13)14(17)16-11-5-4-10(6-11)15(18)19/h7-8,10-11H,4-6H2,1-3H3,(H,16,17)(H,18,19)/t10-,11+/m0/s1. The Hall–Kier alpha value is -1.78. The zero-order chi connectivity index (χ0) is 14.9. The zero-order valence-corrected chi connectivity index (χ0v) is 12.1. The van der Waals surface area contributed by atoms with E-state index in [2.05, 4.69) is 5.32 Å². The molecule has 1 aromatic heterocycles. The third-order valence-electron chi connectivity index (χ3n) is 3.87. The molecule has 2 rings (SSSR count). The summed E-state index contributed by atoms with van der Waals surface area (Å²) in [6.45, 7) is 5.79. The lowest BCUT2D eigenvalue weighted by atomic mass is 10.1. The predicted molar refractivity (Wildman–Crippen MR) is 73.8 cm³/mol. The number of furan rings is 1. The van der Waals surface area contributed by atoms with E-state index in [1.807, 2.05) is 13.8 Å². The molecule has 2 N–H and O–H groups in total. The van der Waals surface area contributed by atoms with E-state index >= 15 is 0 Å². The molecule has 1 aromatic rings. The van der Waals surface area contributed by atoms with Gasteiger partial charge in [0.25, 0.3) is 5.91 Å². The van der Waals surface area contributed by atoms with Gasteiger partial charge in [-0.15, -0.1) is 0 Å². The molecule has 0 aliphatic heterocycles. The number of carbonyl (C=O) groups excluding carboxylic acids is 1. The maximum absolute atomic E-state index is 12.2. The van der Waals surface area contributed by atoms with Gasteiger partial charge in [0.05, 0.1) is 11.5 Å². The first-order chi connectivity index (χ1) is 9.38. The summed E-state index contributed by atoms with van der Waals surface area (Å²) in [7, 11) is 0. The maximum atomic E-state index is 12.2. The third kappa shape index (κ3) is 3.03. The van der Waals surface area contributed by atoms with Crippen molar-refractivity contribution in [2.75, 3.05) is 0 Å². The van der Waals surface area contributed by atoms with Crippen molar-refractivity contribution in [1.82, 2.24) is 5.32 Å². The van der Waals surface area contributed by atoms with Crippen LogP contribution in [0.4, 0.5) is 0 Å². The van der Waals surface area contributed by atoms with Crippen molar-refractivity contribution < 1.29 is 19.1 Å². The summed E-state index contributed by atoms with van der Waals surface area (Å²) < 4.78 is 5.57. The first kappa shape index (κ1) is 14.6. The molecule has 0 aromatic carbocycles. The van der Waals surface area contributed by atoms with Crippen LogP contribution in [0.25, 0.3) is 0 Å². The quantitative estimate of drug-likeness (QED) is 0.888. The SMILES string of the molecule is Cc1oc(C(C)C)cc1C(=O)N[C@@H]1CC[C@H](C(=O)O)C1. The highest BCUT2D eigenvalue weighted by Crippen LogP contribution is 2.27. The van der Waals surface area contributed by atoms with Gasteiger partial charge in [0.15, 0.2) is 0 Å². The molecule has 0 bridgehead atoms. The van der Waals surface area contributed by atoms with E-state index in [1.165, 1.54) is 0 Å². The lowest BCUT2D eigenvalue weighted by molar-refractivity contribution is -0.141. The van der Waals surface area contributed by atoms with Crippen LogP contribution < -0.4 is 5.32 Å². The number of carboxylic acids is 1. The molecule has 0 unspecified atom stereocenters. The van der Waals surface area contributed by atoms with Crippen LogP contribution in [0.1, 0.15) is 60.9 Å². The minimum atomic E-state index is -0.775. The van der Waals surface area contributed by atoms with Crippen LogP contribution in [-0.4, -0.2) is 23.0 Å². The van der Waals surface area contributed by atoms with Crippen molar-refractivity contribution in [1.29, 1.82) is 0 Å². The Morgan fingerprint density at radius 1 is 1.40 bits per heavy atom. The van der Waals surface area contributed by atoms with Crippen LogP contribution in [0.15, 0.2) is 10.5 Å². The Bertz CT molecular complexity index is 518. The highest BCUT2D eigenvalue weighted by Gasteiger charge is 2.31. The van der Waals surface area contributed by atoms with Gasteiger partial charge < -0.3 is 14.8 Å². The summed E-state index contributed by atoms with van der Waals surface area (Å²) in [6.07, 6.45) is 1.85. The van der Waals surface area contributed by atoms with Gasteiger partial charge in [-0.1, -0.05) is 13.8 Å². The number of carbonyl (C=O) groups is 2. The first-order valence-corrected chi connectivity index (χ1v) is 7.02. The topological polar surface area (TPSA) is 79.5 Å². The summed E-state index contributed by atoms with van der Waals surface area (Å²) in [4.78, 5) is 23.1. The van der Waals surface area contributed by atoms with Gasteiger partial charge in [0.1, 0.15) is 11.5 Å². The Morgan fingerprint density at radius 2 is 2.10 bits per heavy atom. The zero-order valence-electron chi connectivity index (χ0n) is 12.1. The Kier molecular flexibility index (Phi) is 4.16. The van der Waals surface area contributed by atoms with E-state index in [9.17, 15) is 9.59 Å². The molecule has 110 valence electrons. The molecule has 1 heterocycles. The van der Waals surface area contributed by atoms with E-state index in [1.54, 1.807) is 13.0 Å². The normalized spacial score (nSPS) is 22.2. The second-order valence-corrected chi connectivity index (χ2v) is 5.79. The fourth-order valence-electron chi connectivity index (χ4n) is 2.62. The van der Waals surface area contributed by atoms with Gasteiger partial charge in [0, 0.05) is 12.0 Å². The van der Waals surface area contributed by atoms with Gasteiger partial charge in [-0.25, -0.2) is 0 Å². The number of hydrogen-bond donors (Lipinski definition) is 2. The molecular formula is C15H21NO4. The van der Waals surface area contributed by atoms with Crippen molar-refractivity contribution in [3.63, 3.8) is 0 Å². The first-order valence-electron chi connectivity index (χ1n) is 7.02. The number of carboxylic acid groups (broad SMARTS) is 1. The third-order valence-corrected chi connectivity index (χ3v) is 3.87. The highest BCUT2D eigenvalue weighted by molar-refractivity contribution is 5.95. The van der Waals surface area contributed by atoms with E-state index in [0.717, 1.165) is 12.2 Å². The summed E-state index contributed by atoms with van der Waals surface area (Å²) in [6, 6.07) is 1.72. The lowest BCUT2D eigenvalue weighted by Crippen LogP contribution is -2.33. The minimum Gasteiger partial charge on any atom is -0.481 e. The molecule has 5 heteroatoms. The summed E-state index contributed by atoms with van der Waals surface area (Å²) in [5, 5.41) is 11.9. The second-order valence-electron chi connectivity index (χ2n) is 5.79. The van der Waals surface area contributed by atoms with E-state index < -0.39 is 5.97 Å². The molecule has 1 aliphatic carbocycles. The number of rotatable bonds is 4. The van der Waals surface area contributed by atoms with Crippen LogP contribution >= 0.6 is 0 Å². The van der Waals surface area contributed by atoms with Gasteiger partial charge >= 0.3 is 5.97 Å². The fourth-order valence-corrected chi connectivity index (χ4v) is 2.62. The summed E-state index contributed by atoms with van der Waals surface area (Å²) in [5.74, 6) is 0.356. The monoisotopic (exact) mass is 279 g/mol. The maximum Gasteiger partial charge on any atom is 0.306 e. The molecule has 1 amide bonds. The Labute approximate surface area is 118 Å². The molecular weight excluding hydrogens is 258 g/mol. The Balaban J connectivity index is 2.01. The molecule has 1 aliphatic rings. The van der Waals surface area contributed by atoms with E-state index in [-0.39, 0.29) is 23.8 Å². The number of hydrogen-bond acceptors (Lipinski definition) is 3. The van der Waals surface area contributed by atoms with Crippen molar-refractivity contribution >= 4 is 11.9 Å². The minimum absolute atomic E-state index is 0.0552. The average molecular weight is 279 g/mol. The highest BCUT2D eigenvalue weighted by atomic mass is 16.4. The number of amides is 1. The summed E-state index contributed by atoms with van der Waals surface area (Å²) >= 11 is 0. The van der Waals surface area contributed by atoms with Crippen molar-refractivity contribution in [3.8, 4) is 0 Å². The molecule has 1 saturated carbocycles. The number of nitrogens with one attached hydrogen (secondary N) is 1. The molecule has 2 atom stereocenters. The molecule has 5 nitrogen and oxygen atoms in total. The van der Waals surface area contributed by atoms with E-state index in [4.69, 9.17) is 9.52 Å². The van der Waals surface area contributed by atoms with Crippen LogP contribution in [0.2, 0.25) is 0 Å². The van der Waals surface area contributed by atoms with Crippen LogP contribution in [-0.2, 0) is 4.79 Å². The van der Waals surface area contributed by atoms with Crippen molar-refractivity contribution in [2.45, 2.75) is 52.0 Å². The number of aryl methyl sites for hydroxylation is 1. The Morgan fingerprint density at radius 3 is 2.60 bits per heavy atom. The molecule has 20 heavy (non-hydrogen) atoms. The molecule has 0 radical (unpaired) electrons. The van der Waals surface area contributed by atoms with Gasteiger partial charge in [-0.2, -0.15) is 0 Å². The molecule has 0 spiro atoms. The van der Waals surface area contributed by atoms with Crippen LogP contribution in [0.5, 0.6) is 0 Å². The van der Waals surface area contributed by atoms with Crippen molar-refractivity contribution in [3.05, 3.63) is 23.2 Å². The van der Waals surface area contributed by atoms with Crippen molar-refractivity contribution in [2.24, 2.45) is 5.92 Å². The lowest BCUT2D eigenvalue weighted by Gasteiger charge is -2.11. The van der Waals surface area contributed by atoms with Crippen LogP contribution in [0, 0.1) is 12.8 Å². The second kappa shape index (κ2) is 5.69. The van der Waals surface area contributed by atoms with Gasteiger partial charge in [0.2, 0.25) is 0 Å². The van der Waals surface area contributed by atoms with E-state index in [0.29, 0.717) is 24.2 Å². The van der Waals surface area contributed by atoms with Gasteiger partial charge in [-0.3, -0.25) is 9.59 Å². The number of aliphatic carboxylic acids is 1. The summed E-state index contributed by atoms with van der Waals surface area (Å²) in [5.41, 5.74) is 0.549.